The minimum atomic E-state index is -0.513. The number of carbonyl (C=O) groups excluding carboxylic acids is 1. The zero-order chi connectivity index (χ0) is 12.8. The molecule has 1 aliphatic rings. The maximum atomic E-state index is 13.9. The van der Waals surface area contributed by atoms with Gasteiger partial charge in [-0.15, -0.1) is 0 Å². The summed E-state index contributed by atoms with van der Waals surface area (Å²) < 4.78 is 13.9. The van der Waals surface area contributed by atoms with Gasteiger partial charge in [0.05, 0.1) is 18.2 Å². The number of hydrogen-bond donors (Lipinski definition) is 2. The fraction of sp³-hybridized carbons (Fsp3) is 0.462. The molecule has 1 aromatic carbocycles. The first-order valence-electron chi connectivity index (χ1n) is 5.62. The molecule has 0 saturated carbocycles. The molecule has 1 unspecified atom stereocenters. The Morgan fingerprint density at radius 2 is 2.12 bits per heavy atom. The number of aliphatic hydroxyl groups excluding tert-OH is 1. The van der Waals surface area contributed by atoms with Crippen LogP contribution in [0.3, 0.4) is 0 Å². The van der Waals surface area contributed by atoms with Crippen LogP contribution in [0.25, 0.3) is 0 Å². The third-order valence-corrected chi connectivity index (χ3v) is 3.41. The zero-order valence-electron chi connectivity index (χ0n) is 10.2. The zero-order valence-corrected chi connectivity index (χ0v) is 10.2. The molecular formula is C13H16FNO2. The first kappa shape index (κ1) is 12.0. The fourth-order valence-electron chi connectivity index (χ4n) is 1.96. The molecule has 4 heteroatoms. The third-order valence-electron chi connectivity index (χ3n) is 3.41. The van der Waals surface area contributed by atoms with Crippen LogP contribution in [0.1, 0.15) is 37.8 Å². The largest absolute Gasteiger partial charge is 0.395 e. The van der Waals surface area contributed by atoms with Gasteiger partial charge in [0.15, 0.2) is 0 Å². The summed E-state index contributed by atoms with van der Waals surface area (Å²) in [6.45, 7) is 5.35. The summed E-state index contributed by atoms with van der Waals surface area (Å²) in [4.78, 5) is 11.5. The summed E-state index contributed by atoms with van der Waals surface area (Å²) in [5.74, 6) is -0.955. The topological polar surface area (TPSA) is 49.3 Å². The van der Waals surface area contributed by atoms with Gasteiger partial charge in [0, 0.05) is 5.41 Å². The van der Waals surface area contributed by atoms with Crippen LogP contribution in [-0.4, -0.2) is 17.6 Å². The van der Waals surface area contributed by atoms with E-state index in [1.807, 2.05) is 13.8 Å². The molecule has 0 saturated heterocycles. The van der Waals surface area contributed by atoms with Gasteiger partial charge < -0.3 is 10.4 Å². The van der Waals surface area contributed by atoms with Crippen LogP contribution >= 0.6 is 0 Å². The smallest absolute Gasteiger partial charge is 0.231 e. The molecule has 0 spiro atoms. The normalized spacial score (nSPS) is 19.1. The van der Waals surface area contributed by atoms with E-state index in [2.05, 4.69) is 5.32 Å². The predicted molar refractivity (Wildman–Crippen MR) is 63.6 cm³/mol. The van der Waals surface area contributed by atoms with Crippen molar-refractivity contribution in [1.82, 2.24) is 0 Å². The molecule has 3 nitrogen and oxygen atoms in total. The minimum Gasteiger partial charge on any atom is -0.395 e. The maximum Gasteiger partial charge on any atom is 0.231 e. The van der Waals surface area contributed by atoms with Gasteiger partial charge >= 0.3 is 0 Å². The maximum absolute atomic E-state index is 13.9. The van der Waals surface area contributed by atoms with Crippen molar-refractivity contribution in [1.29, 1.82) is 0 Å². The molecule has 1 heterocycles. The van der Waals surface area contributed by atoms with Crippen molar-refractivity contribution in [2.24, 2.45) is 0 Å². The summed E-state index contributed by atoms with van der Waals surface area (Å²) in [7, 11) is 0. The lowest BCUT2D eigenvalue weighted by Gasteiger charge is -2.23. The standard InChI is InChI=1S/C13H16FNO2/c1-7-9-4-8(13(2,3)6-16)5-10(14)11(9)15-12(7)17/h4-5,7,16H,6H2,1-3H3,(H,15,17). The fourth-order valence-corrected chi connectivity index (χ4v) is 1.96. The number of rotatable bonds is 2. The van der Waals surface area contributed by atoms with Gasteiger partial charge in [0.1, 0.15) is 5.82 Å². The molecule has 92 valence electrons. The highest BCUT2D eigenvalue weighted by atomic mass is 19.1. The van der Waals surface area contributed by atoms with Crippen LogP contribution < -0.4 is 5.32 Å². The number of hydrogen-bond acceptors (Lipinski definition) is 2. The number of carbonyl (C=O) groups is 1. The van der Waals surface area contributed by atoms with E-state index >= 15 is 0 Å². The summed E-state index contributed by atoms with van der Waals surface area (Å²) in [6, 6.07) is 3.19. The van der Waals surface area contributed by atoms with E-state index in [0.717, 1.165) is 0 Å². The lowest BCUT2D eigenvalue weighted by molar-refractivity contribution is -0.116. The molecule has 1 aromatic rings. The van der Waals surface area contributed by atoms with E-state index in [1.165, 1.54) is 6.07 Å². The lowest BCUT2D eigenvalue weighted by atomic mass is 9.83. The number of amides is 1. The Labute approximate surface area is 99.7 Å². The molecule has 0 aliphatic carbocycles. The Kier molecular flexibility index (Phi) is 2.70. The van der Waals surface area contributed by atoms with E-state index in [-0.39, 0.29) is 24.1 Å². The number of aliphatic hydroxyl groups is 1. The highest BCUT2D eigenvalue weighted by Gasteiger charge is 2.31. The molecule has 0 fully saturated rings. The van der Waals surface area contributed by atoms with Crippen LogP contribution in [0.15, 0.2) is 12.1 Å². The Bertz CT molecular complexity index is 483. The second-order valence-electron chi connectivity index (χ2n) is 5.18. The van der Waals surface area contributed by atoms with Crippen LogP contribution in [0, 0.1) is 5.82 Å². The molecule has 0 aromatic heterocycles. The first-order chi connectivity index (χ1) is 7.86. The minimum absolute atomic E-state index is 0.0685. The lowest BCUT2D eigenvalue weighted by Crippen LogP contribution is -2.22. The highest BCUT2D eigenvalue weighted by molar-refractivity contribution is 6.02. The van der Waals surface area contributed by atoms with E-state index in [0.29, 0.717) is 11.1 Å². The van der Waals surface area contributed by atoms with Crippen LogP contribution in [-0.2, 0) is 10.2 Å². The Morgan fingerprint density at radius 3 is 2.71 bits per heavy atom. The van der Waals surface area contributed by atoms with E-state index in [9.17, 15) is 14.3 Å². The first-order valence-corrected chi connectivity index (χ1v) is 5.62. The number of nitrogens with one attached hydrogen (secondary N) is 1. The van der Waals surface area contributed by atoms with Crippen LogP contribution in [0.2, 0.25) is 0 Å². The van der Waals surface area contributed by atoms with Crippen molar-refractivity contribution >= 4 is 11.6 Å². The number of halogens is 1. The SMILES string of the molecule is CC1C(=O)Nc2c(F)cc(C(C)(C)CO)cc21. The summed E-state index contributed by atoms with van der Waals surface area (Å²) in [5.41, 5.74) is 1.15. The summed E-state index contributed by atoms with van der Waals surface area (Å²) in [5, 5.41) is 11.8. The van der Waals surface area contributed by atoms with Gasteiger partial charge in [-0.1, -0.05) is 19.9 Å². The molecule has 1 amide bonds. The number of benzene rings is 1. The van der Waals surface area contributed by atoms with Gasteiger partial charge in [0.25, 0.3) is 0 Å². The van der Waals surface area contributed by atoms with Crippen molar-refractivity contribution in [3.63, 3.8) is 0 Å². The van der Waals surface area contributed by atoms with Crippen LogP contribution in [0.4, 0.5) is 10.1 Å². The van der Waals surface area contributed by atoms with E-state index in [1.54, 1.807) is 13.0 Å². The molecule has 2 rings (SSSR count). The van der Waals surface area contributed by atoms with Crippen molar-refractivity contribution in [2.45, 2.75) is 32.1 Å². The number of anilines is 1. The van der Waals surface area contributed by atoms with Crippen LogP contribution in [0.5, 0.6) is 0 Å². The average molecular weight is 237 g/mol. The van der Waals surface area contributed by atoms with Gasteiger partial charge in [-0.3, -0.25) is 4.79 Å². The summed E-state index contributed by atoms with van der Waals surface area (Å²) in [6.07, 6.45) is 0. The van der Waals surface area contributed by atoms with Crippen molar-refractivity contribution < 1.29 is 14.3 Å². The van der Waals surface area contributed by atoms with Gasteiger partial charge in [-0.25, -0.2) is 4.39 Å². The van der Waals surface area contributed by atoms with E-state index < -0.39 is 11.2 Å². The molecule has 1 atom stereocenters. The Balaban J connectivity index is 2.56. The average Bonchev–Trinajstić information content (AvgIpc) is 2.57. The molecule has 0 bridgehead atoms. The molecule has 2 N–H and O–H groups in total. The number of fused-ring (bicyclic) bond motifs is 1. The highest BCUT2D eigenvalue weighted by Crippen LogP contribution is 2.37. The quantitative estimate of drug-likeness (QED) is 0.828. The van der Waals surface area contributed by atoms with Gasteiger partial charge in [0.2, 0.25) is 5.91 Å². The van der Waals surface area contributed by atoms with Crippen molar-refractivity contribution in [3.8, 4) is 0 Å². The molecular weight excluding hydrogens is 221 g/mol. The van der Waals surface area contributed by atoms with Crippen molar-refractivity contribution in [2.75, 3.05) is 11.9 Å². The molecule has 1 aliphatic heterocycles. The molecule has 0 radical (unpaired) electrons. The third kappa shape index (κ3) is 1.82. The summed E-state index contributed by atoms with van der Waals surface area (Å²) >= 11 is 0. The second kappa shape index (κ2) is 3.81. The predicted octanol–water partition coefficient (Wildman–Crippen LogP) is 2.15. The monoisotopic (exact) mass is 237 g/mol. The molecule has 17 heavy (non-hydrogen) atoms. The Morgan fingerprint density at radius 1 is 1.47 bits per heavy atom. The van der Waals surface area contributed by atoms with Crippen molar-refractivity contribution in [3.05, 3.63) is 29.1 Å². The van der Waals surface area contributed by atoms with Gasteiger partial charge in [-0.05, 0) is 24.1 Å². The Hall–Kier alpha value is -1.42. The van der Waals surface area contributed by atoms with E-state index in [4.69, 9.17) is 0 Å². The van der Waals surface area contributed by atoms with Gasteiger partial charge in [-0.2, -0.15) is 0 Å². The second-order valence-corrected chi connectivity index (χ2v) is 5.18.